The highest BCUT2D eigenvalue weighted by Gasteiger charge is 2.39. The first-order valence-electron chi connectivity index (χ1n) is 6.10. The van der Waals surface area contributed by atoms with E-state index in [9.17, 15) is 4.79 Å². The second-order valence-corrected chi connectivity index (χ2v) is 5.14. The maximum Gasteiger partial charge on any atom is 0.228 e. The van der Waals surface area contributed by atoms with Crippen LogP contribution in [0.1, 0.15) is 17.9 Å². The molecule has 2 unspecified atom stereocenters. The molecule has 18 heavy (non-hydrogen) atoms. The fourth-order valence-corrected chi connectivity index (χ4v) is 3.15. The topological polar surface area (TPSA) is 50.4 Å². The van der Waals surface area contributed by atoms with Crippen LogP contribution in [0.15, 0.2) is 12.1 Å². The van der Waals surface area contributed by atoms with Gasteiger partial charge in [0.15, 0.2) is 0 Å². The molecule has 3 rings (SSSR count). The van der Waals surface area contributed by atoms with Crippen LogP contribution in [0, 0.1) is 5.92 Å². The molecule has 1 saturated heterocycles. The minimum absolute atomic E-state index is 0.0196. The van der Waals surface area contributed by atoms with Crippen LogP contribution in [0.3, 0.4) is 0 Å². The Kier molecular flexibility index (Phi) is 2.92. The Hall–Kier alpha value is -1.26. The number of anilines is 1. The molecule has 1 aromatic carbocycles. The van der Waals surface area contributed by atoms with E-state index in [4.69, 9.17) is 16.3 Å². The zero-order chi connectivity index (χ0) is 12.7. The van der Waals surface area contributed by atoms with Gasteiger partial charge in [-0.15, -0.1) is 0 Å². The number of hydrogen-bond acceptors (Lipinski definition) is 3. The van der Waals surface area contributed by atoms with Crippen molar-refractivity contribution in [2.24, 2.45) is 5.92 Å². The highest BCUT2D eigenvalue weighted by atomic mass is 35.5. The molecule has 0 radical (unpaired) electrons. The Morgan fingerprint density at radius 1 is 1.39 bits per heavy atom. The van der Waals surface area contributed by atoms with Crippen molar-refractivity contribution < 1.29 is 9.53 Å². The zero-order valence-electron chi connectivity index (χ0n) is 10.1. The van der Waals surface area contributed by atoms with Gasteiger partial charge in [0, 0.05) is 23.9 Å². The van der Waals surface area contributed by atoms with Crippen LogP contribution < -0.4 is 15.4 Å². The molecule has 1 aromatic rings. The fraction of sp³-hybridized carbons (Fsp3) is 0.462. The second kappa shape index (κ2) is 4.44. The van der Waals surface area contributed by atoms with Crippen LogP contribution in [-0.2, 0) is 4.79 Å². The third-order valence-electron chi connectivity index (χ3n) is 3.81. The summed E-state index contributed by atoms with van der Waals surface area (Å²) in [4.78, 5) is 12.1. The summed E-state index contributed by atoms with van der Waals surface area (Å²) in [5.74, 6) is 1.04. The highest BCUT2D eigenvalue weighted by Crippen LogP contribution is 2.46. The minimum Gasteiger partial charge on any atom is -0.496 e. The van der Waals surface area contributed by atoms with E-state index in [1.807, 2.05) is 6.07 Å². The fourth-order valence-electron chi connectivity index (χ4n) is 2.94. The number of piperidine rings is 1. The van der Waals surface area contributed by atoms with Crippen molar-refractivity contribution in [3.05, 3.63) is 22.7 Å². The SMILES string of the molecule is COc1ccc(Cl)c2c1C1CNCCC1C(=O)N2. The molecule has 96 valence electrons. The lowest BCUT2D eigenvalue weighted by Crippen LogP contribution is -2.44. The first-order chi connectivity index (χ1) is 8.72. The number of carbonyl (C=O) groups excluding carboxylic acids is 1. The molecule has 0 spiro atoms. The van der Waals surface area contributed by atoms with E-state index < -0.39 is 0 Å². The lowest BCUT2D eigenvalue weighted by molar-refractivity contribution is -0.121. The molecule has 4 nitrogen and oxygen atoms in total. The first-order valence-corrected chi connectivity index (χ1v) is 6.48. The Morgan fingerprint density at radius 3 is 3.00 bits per heavy atom. The normalized spacial score (nSPS) is 26.0. The van der Waals surface area contributed by atoms with Crippen molar-refractivity contribution in [1.29, 1.82) is 0 Å². The second-order valence-electron chi connectivity index (χ2n) is 4.73. The summed E-state index contributed by atoms with van der Waals surface area (Å²) >= 11 is 6.18. The van der Waals surface area contributed by atoms with Gasteiger partial charge in [0.05, 0.1) is 17.8 Å². The van der Waals surface area contributed by atoms with Crippen molar-refractivity contribution in [3.8, 4) is 5.75 Å². The predicted molar refractivity (Wildman–Crippen MR) is 70.4 cm³/mol. The number of ether oxygens (including phenoxy) is 1. The van der Waals surface area contributed by atoms with Crippen molar-refractivity contribution in [2.75, 3.05) is 25.5 Å². The van der Waals surface area contributed by atoms with E-state index >= 15 is 0 Å². The quantitative estimate of drug-likeness (QED) is 0.817. The molecular formula is C13H15ClN2O2. The maximum absolute atomic E-state index is 12.1. The van der Waals surface area contributed by atoms with Crippen molar-refractivity contribution in [1.82, 2.24) is 5.32 Å². The average Bonchev–Trinajstić information content (AvgIpc) is 2.40. The van der Waals surface area contributed by atoms with Gasteiger partial charge in [-0.2, -0.15) is 0 Å². The number of halogens is 1. The lowest BCUT2D eigenvalue weighted by atomic mass is 9.77. The molecule has 2 N–H and O–H groups in total. The number of nitrogens with one attached hydrogen (secondary N) is 2. The highest BCUT2D eigenvalue weighted by molar-refractivity contribution is 6.34. The summed E-state index contributed by atoms with van der Waals surface area (Å²) in [5, 5.41) is 6.83. The summed E-state index contributed by atoms with van der Waals surface area (Å²) in [7, 11) is 1.64. The predicted octanol–water partition coefficient (Wildman–Crippen LogP) is 1.99. The summed E-state index contributed by atoms with van der Waals surface area (Å²) in [6.07, 6.45) is 0.853. The smallest absolute Gasteiger partial charge is 0.228 e. The van der Waals surface area contributed by atoms with Gasteiger partial charge >= 0.3 is 0 Å². The molecule has 0 aliphatic carbocycles. The number of methoxy groups -OCH3 is 1. The zero-order valence-corrected chi connectivity index (χ0v) is 10.9. The lowest BCUT2D eigenvalue weighted by Gasteiger charge is -2.37. The summed E-state index contributed by atoms with van der Waals surface area (Å²) in [6, 6.07) is 3.63. The van der Waals surface area contributed by atoms with Gasteiger partial charge in [-0.05, 0) is 25.1 Å². The van der Waals surface area contributed by atoms with Crippen LogP contribution in [0.4, 0.5) is 5.69 Å². The molecule has 5 heteroatoms. The number of amides is 1. The van der Waals surface area contributed by atoms with Crippen LogP contribution in [0.25, 0.3) is 0 Å². The Balaban J connectivity index is 2.16. The standard InChI is InChI=1S/C13H15ClN2O2/c1-18-10-3-2-9(14)12-11(10)8-6-15-5-4-7(8)13(17)16-12/h2-3,7-8,15H,4-6H2,1H3,(H,16,17). The number of fused-ring (bicyclic) bond motifs is 3. The molecule has 2 heterocycles. The Labute approximate surface area is 111 Å². The van der Waals surface area contributed by atoms with Gasteiger partial charge in [-0.1, -0.05) is 11.6 Å². The van der Waals surface area contributed by atoms with E-state index in [1.165, 1.54) is 0 Å². The maximum atomic E-state index is 12.1. The third kappa shape index (κ3) is 1.68. The molecule has 1 fully saturated rings. The van der Waals surface area contributed by atoms with Crippen LogP contribution >= 0.6 is 11.6 Å². The number of rotatable bonds is 1. The molecule has 1 amide bonds. The van der Waals surface area contributed by atoms with E-state index in [1.54, 1.807) is 13.2 Å². The Bertz CT molecular complexity index is 504. The van der Waals surface area contributed by atoms with E-state index in [0.717, 1.165) is 30.8 Å². The van der Waals surface area contributed by atoms with Crippen molar-refractivity contribution in [3.63, 3.8) is 0 Å². The third-order valence-corrected chi connectivity index (χ3v) is 4.13. The van der Waals surface area contributed by atoms with Gasteiger partial charge in [-0.3, -0.25) is 4.79 Å². The monoisotopic (exact) mass is 266 g/mol. The minimum atomic E-state index is 0.0196. The van der Waals surface area contributed by atoms with Crippen molar-refractivity contribution >= 4 is 23.2 Å². The first kappa shape index (κ1) is 11.8. The summed E-state index contributed by atoms with van der Waals surface area (Å²) in [5.41, 5.74) is 1.74. The van der Waals surface area contributed by atoms with Crippen LogP contribution in [0.5, 0.6) is 5.75 Å². The van der Waals surface area contributed by atoms with Gasteiger partial charge in [-0.25, -0.2) is 0 Å². The largest absolute Gasteiger partial charge is 0.496 e. The molecule has 2 aliphatic heterocycles. The number of benzene rings is 1. The van der Waals surface area contributed by atoms with Crippen molar-refractivity contribution in [2.45, 2.75) is 12.3 Å². The molecule has 0 aromatic heterocycles. The van der Waals surface area contributed by atoms with Crippen LogP contribution in [-0.4, -0.2) is 26.1 Å². The molecule has 2 aliphatic rings. The number of hydrogen-bond donors (Lipinski definition) is 2. The van der Waals surface area contributed by atoms with Gasteiger partial charge in [0.1, 0.15) is 5.75 Å². The van der Waals surface area contributed by atoms with Gasteiger partial charge in [0.25, 0.3) is 0 Å². The summed E-state index contributed by atoms with van der Waals surface area (Å²) < 4.78 is 5.41. The van der Waals surface area contributed by atoms with E-state index in [0.29, 0.717) is 10.7 Å². The molecule has 0 saturated carbocycles. The Morgan fingerprint density at radius 2 is 2.22 bits per heavy atom. The molecular weight excluding hydrogens is 252 g/mol. The van der Waals surface area contributed by atoms with Gasteiger partial charge < -0.3 is 15.4 Å². The van der Waals surface area contributed by atoms with E-state index in [-0.39, 0.29) is 17.7 Å². The van der Waals surface area contributed by atoms with E-state index in [2.05, 4.69) is 10.6 Å². The molecule has 0 bridgehead atoms. The van der Waals surface area contributed by atoms with Gasteiger partial charge in [0.2, 0.25) is 5.91 Å². The molecule has 2 atom stereocenters. The summed E-state index contributed by atoms with van der Waals surface area (Å²) in [6.45, 7) is 1.68. The van der Waals surface area contributed by atoms with Crippen LogP contribution in [0.2, 0.25) is 5.02 Å². The number of carbonyl (C=O) groups is 1. The average molecular weight is 267 g/mol.